The molecule has 0 unspecified atom stereocenters. The van der Waals surface area contributed by atoms with E-state index >= 15 is 0 Å². The van der Waals surface area contributed by atoms with Crippen LogP contribution < -0.4 is 16.4 Å². The lowest BCUT2D eigenvalue weighted by atomic mass is 10.1. The second kappa shape index (κ2) is 7.57. The fraction of sp³-hybridized carbons (Fsp3) is 0.278. The molecule has 0 bridgehead atoms. The van der Waals surface area contributed by atoms with Gasteiger partial charge in [0.1, 0.15) is 5.00 Å². The summed E-state index contributed by atoms with van der Waals surface area (Å²) in [4.78, 5) is 37.1. The van der Waals surface area contributed by atoms with Gasteiger partial charge in [-0.3, -0.25) is 9.59 Å². The third-order valence-electron chi connectivity index (χ3n) is 4.17. The Balaban J connectivity index is 1.65. The van der Waals surface area contributed by atoms with Crippen LogP contribution in [0.15, 0.2) is 24.3 Å². The normalized spacial score (nSPS) is 12.3. The smallest absolute Gasteiger partial charge is 0.340 e. The number of amides is 2. The Hall–Kier alpha value is -2.87. The van der Waals surface area contributed by atoms with Gasteiger partial charge in [-0.25, -0.2) is 4.79 Å². The number of para-hydroxylation sites is 1. The monoisotopic (exact) mass is 373 g/mol. The van der Waals surface area contributed by atoms with Gasteiger partial charge in [-0.15, -0.1) is 11.3 Å². The molecule has 2 aromatic rings. The average Bonchev–Trinajstić information content (AvgIpc) is 3.19. The molecule has 1 aliphatic carbocycles. The molecule has 0 radical (unpaired) electrons. The number of rotatable bonds is 6. The number of ether oxygens (including phenoxy) is 1. The van der Waals surface area contributed by atoms with Crippen molar-refractivity contribution in [2.24, 2.45) is 5.73 Å². The first-order valence-electron chi connectivity index (χ1n) is 8.19. The minimum Gasteiger partial charge on any atom is -0.452 e. The van der Waals surface area contributed by atoms with Gasteiger partial charge in [0.2, 0.25) is 0 Å². The highest BCUT2D eigenvalue weighted by molar-refractivity contribution is 7.17. The van der Waals surface area contributed by atoms with Crippen LogP contribution in [-0.4, -0.2) is 31.4 Å². The number of primary amides is 1. The number of nitrogens with one attached hydrogen (secondary N) is 2. The lowest BCUT2D eigenvalue weighted by molar-refractivity contribution is -0.119. The first kappa shape index (κ1) is 17.9. The quantitative estimate of drug-likeness (QED) is 0.672. The van der Waals surface area contributed by atoms with E-state index in [0.717, 1.165) is 29.7 Å². The topological polar surface area (TPSA) is 111 Å². The third kappa shape index (κ3) is 3.55. The van der Waals surface area contributed by atoms with Crippen molar-refractivity contribution < 1.29 is 19.1 Å². The number of esters is 1. The Bertz CT molecular complexity index is 875. The van der Waals surface area contributed by atoms with Gasteiger partial charge in [-0.2, -0.15) is 0 Å². The predicted molar refractivity (Wildman–Crippen MR) is 99.8 cm³/mol. The van der Waals surface area contributed by atoms with Crippen LogP contribution in [0.2, 0.25) is 0 Å². The van der Waals surface area contributed by atoms with Gasteiger partial charge in [0, 0.05) is 17.6 Å². The van der Waals surface area contributed by atoms with E-state index in [4.69, 9.17) is 10.5 Å². The van der Waals surface area contributed by atoms with Crippen LogP contribution in [0.4, 0.5) is 10.7 Å². The zero-order valence-electron chi connectivity index (χ0n) is 14.3. The molecule has 0 saturated carbocycles. The number of nitrogens with two attached hydrogens (primary N) is 1. The Kier molecular flexibility index (Phi) is 5.22. The predicted octanol–water partition coefficient (Wildman–Crippen LogP) is 2.17. The van der Waals surface area contributed by atoms with Gasteiger partial charge in [0.25, 0.3) is 11.8 Å². The first-order valence-corrected chi connectivity index (χ1v) is 9.01. The molecule has 0 spiro atoms. The largest absolute Gasteiger partial charge is 0.452 e. The number of hydrogen-bond donors (Lipinski definition) is 3. The van der Waals surface area contributed by atoms with Crippen molar-refractivity contribution in [2.75, 3.05) is 24.3 Å². The summed E-state index contributed by atoms with van der Waals surface area (Å²) in [6.07, 6.45) is 2.65. The number of carbonyl (C=O) groups excluding carboxylic acids is 3. The van der Waals surface area contributed by atoms with E-state index in [9.17, 15) is 14.4 Å². The number of thiophene rings is 1. The molecule has 0 aliphatic heterocycles. The van der Waals surface area contributed by atoms with E-state index < -0.39 is 24.4 Å². The second-order valence-electron chi connectivity index (χ2n) is 5.85. The number of benzene rings is 1. The number of anilines is 2. The minimum absolute atomic E-state index is 0.343. The Morgan fingerprint density at radius 3 is 2.73 bits per heavy atom. The second-order valence-corrected chi connectivity index (χ2v) is 6.95. The molecule has 2 amide bonds. The van der Waals surface area contributed by atoms with E-state index in [0.29, 0.717) is 21.8 Å². The summed E-state index contributed by atoms with van der Waals surface area (Å²) in [6, 6.07) is 6.85. The Labute approximate surface area is 154 Å². The molecule has 0 atom stereocenters. The van der Waals surface area contributed by atoms with Crippen LogP contribution in [0.25, 0.3) is 0 Å². The zero-order valence-corrected chi connectivity index (χ0v) is 15.1. The third-order valence-corrected chi connectivity index (χ3v) is 5.38. The molecule has 4 N–H and O–H groups in total. The summed E-state index contributed by atoms with van der Waals surface area (Å²) in [5.74, 6) is -1.67. The van der Waals surface area contributed by atoms with Crippen molar-refractivity contribution >= 4 is 39.8 Å². The highest BCUT2D eigenvalue weighted by atomic mass is 32.1. The molecule has 1 aromatic carbocycles. The highest BCUT2D eigenvalue weighted by Crippen LogP contribution is 2.38. The van der Waals surface area contributed by atoms with E-state index in [-0.39, 0.29) is 0 Å². The van der Waals surface area contributed by atoms with E-state index in [1.165, 1.54) is 11.3 Å². The van der Waals surface area contributed by atoms with E-state index in [2.05, 4.69) is 10.6 Å². The summed E-state index contributed by atoms with van der Waals surface area (Å²) >= 11 is 1.36. The first-order chi connectivity index (χ1) is 12.5. The molecular formula is C18H19N3O4S. The van der Waals surface area contributed by atoms with Crippen LogP contribution in [0.5, 0.6) is 0 Å². The van der Waals surface area contributed by atoms with Crippen LogP contribution in [-0.2, 0) is 22.4 Å². The van der Waals surface area contributed by atoms with Crippen LogP contribution >= 0.6 is 11.3 Å². The number of hydrogen-bond acceptors (Lipinski definition) is 6. The zero-order chi connectivity index (χ0) is 18.7. The molecule has 8 heteroatoms. The number of carbonyl (C=O) groups is 3. The van der Waals surface area contributed by atoms with Crippen molar-refractivity contribution in [2.45, 2.75) is 19.3 Å². The van der Waals surface area contributed by atoms with Crippen LogP contribution in [0.3, 0.4) is 0 Å². The van der Waals surface area contributed by atoms with Gasteiger partial charge in [-0.1, -0.05) is 12.1 Å². The lowest BCUT2D eigenvalue weighted by Crippen LogP contribution is -2.23. The van der Waals surface area contributed by atoms with Gasteiger partial charge in [-0.05, 0) is 37.0 Å². The van der Waals surface area contributed by atoms with Crippen molar-refractivity contribution in [1.82, 2.24) is 0 Å². The van der Waals surface area contributed by atoms with E-state index in [1.54, 1.807) is 31.3 Å². The van der Waals surface area contributed by atoms with Gasteiger partial charge >= 0.3 is 5.97 Å². The van der Waals surface area contributed by atoms with Gasteiger partial charge in [0.05, 0.1) is 11.1 Å². The molecule has 0 fully saturated rings. The summed E-state index contributed by atoms with van der Waals surface area (Å²) in [5.41, 5.74) is 7.73. The lowest BCUT2D eigenvalue weighted by Gasteiger charge is -2.09. The number of fused-ring (bicyclic) bond motifs is 1. The van der Waals surface area contributed by atoms with Gasteiger partial charge in [0.15, 0.2) is 6.61 Å². The molecular weight excluding hydrogens is 354 g/mol. The maximum atomic E-state index is 12.2. The van der Waals surface area contributed by atoms with E-state index in [1.807, 2.05) is 0 Å². The van der Waals surface area contributed by atoms with Crippen molar-refractivity contribution in [3.8, 4) is 0 Å². The summed E-state index contributed by atoms with van der Waals surface area (Å²) in [7, 11) is 1.69. The summed E-state index contributed by atoms with van der Waals surface area (Å²) in [5, 5.41) is 5.97. The SMILES string of the molecule is CNc1ccccc1C(=O)OCC(=O)Nc1sc2c(c1C(N)=O)CCC2. The Morgan fingerprint density at radius 2 is 2.00 bits per heavy atom. The minimum atomic E-state index is -0.603. The maximum Gasteiger partial charge on any atom is 0.340 e. The van der Waals surface area contributed by atoms with Crippen LogP contribution in [0.1, 0.15) is 37.6 Å². The van der Waals surface area contributed by atoms with Crippen molar-refractivity contribution in [1.29, 1.82) is 0 Å². The van der Waals surface area contributed by atoms with Crippen LogP contribution in [0, 0.1) is 0 Å². The average molecular weight is 373 g/mol. The molecule has 26 heavy (non-hydrogen) atoms. The molecule has 3 rings (SSSR count). The molecule has 1 heterocycles. The summed E-state index contributed by atoms with van der Waals surface area (Å²) < 4.78 is 5.08. The molecule has 7 nitrogen and oxygen atoms in total. The van der Waals surface area contributed by atoms with Crippen molar-refractivity contribution in [3.63, 3.8) is 0 Å². The molecule has 136 valence electrons. The highest BCUT2D eigenvalue weighted by Gasteiger charge is 2.26. The fourth-order valence-electron chi connectivity index (χ4n) is 3.00. The molecule has 1 aliphatic rings. The maximum absolute atomic E-state index is 12.2. The number of aryl methyl sites for hydroxylation is 1. The fourth-order valence-corrected chi connectivity index (χ4v) is 4.31. The Morgan fingerprint density at radius 1 is 1.23 bits per heavy atom. The summed E-state index contributed by atoms with van der Waals surface area (Å²) in [6.45, 7) is -0.447. The van der Waals surface area contributed by atoms with Gasteiger partial charge < -0.3 is 21.1 Å². The standard InChI is InChI=1S/C18H19N3O4S/c1-20-12-7-3-2-5-10(12)18(24)25-9-14(22)21-17-15(16(19)23)11-6-4-8-13(11)26-17/h2-3,5,7,20H,4,6,8-9H2,1H3,(H2,19,23)(H,21,22). The molecule has 1 aromatic heterocycles. The molecule has 0 saturated heterocycles. The van der Waals surface area contributed by atoms with Crippen molar-refractivity contribution in [3.05, 3.63) is 45.8 Å².